The SMILES string of the molecule is CCCC/C(CC(=O)c1ccc(OCCCN(CCC)CCC)cc1)=N\Oc1ccc([N+](=O)[O-])cc1. The van der Waals surface area contributed by atoms with Gasteiger partial charge >= 0.3 is 0 Å². The molecule has 0 atom stereocenters. The number of Topliss-reactive ketones (excluding diaryl/α,β-unsaturated/α-hetero) is 1. The molecular formula is C28H39N3O5. The van der Waals surface area contributed by atoms with Crippen LogP contribution in [-0.4, -0.2) is 47.6 Å². The molecule has 2 aromatic carbocycles. The number of nitrogens with zero attached hydrogens (tertiary/aromatic N) is 3. The van der Waals surface area contributed by atoms with Crippen LogP contribution in [0.1, 0.15) is 76.1 Å². The number of carbonyl (C=O) groups excluding carboxylic acids is 1. The minimum atomic E-state index is -0.469. The predicted octanol–water partition coefficient (Wildman–Crippen LogP) is 6.68. The van der Waals surface area contributed by atoms with Crippen LogP contribution in [0.2, 0.25) is 0 Å². The number of nitro groups is 1. The van der Waals surface area contributed by atoms with E-state index >= 15 is 0 Å². The molecular weight excluding hydrogens is 458 g/mol. The van der Waals surface area contributed by atoms with Gasteiger partial charge in [0, 0.05) is 24.2 Å². The molecule has 0 bridgehead atoms. The average Bonchev–Trinajstić information content (AvgIpc) is 2.88. The summed E-state index contributed by atoms with van der Waals surface area (Å²) in [5.74, 6) is 1.10. The number of oxime groups is 1. The lowest BCUT2D eigenvalue weighted by Crippen LogP contribution is -2.27. The summed E-state index contributed by atoms with van der Waals surface area (Å²) in [4.78, 5) is 31.1. The Balaban J connectivity index is 1.89. The van der Waals surface area contributed by atoms with Crippen molar-refractivity contribution in [2.75, 3.05) is 26.2 Å². The van der Waals surface area contributed by atoms with Gasteiger partial charge in [0.15, 0.2) is 11.5 Å². The summed E-state index contributed by atoms with van der Waals surface area (Å²) in [6.07, 6.45) is 5.92. The van der Waals surface area contributed by atoms with Crippen molar-refractivity contribution in [3.63, 3.8) is 0 Å². The number of hydrogen-bond donors (Lipinski definition) is 0. The van der Waals surface area contributed by atoms with Gasteiger partial charge < -0.3 is 14.5 Å². The average molecular weight is 498 g/mol. The molecule has 8 nitrogen and oxygen atoms in total. The van der Waals surface area contributed by atoms with Gasteiger partial charge in [-0.1, -0.05) is 32.3 Å². The highest BCUT2D eigenvalue weighted by molar-refractivity contribution is 6.09. The Morgan fingerprint density at radius 2 is 1.53 bits per heavy atom. The third-order valence-electron chi connectivity index (χ3n) is 5.65. The van der Waals surface area contributed by atoms with Crippen LogP contribution in [0.5, 0.6) is 11.5 Å². The Morgan fingerprint density at radius 3 is 2.11 bits per heavy atom. The van der Waals surface area contributed by atoms with E-state index < -0.39 is 4.92 Å². The van der Waals surface area contributed by atoms with Crippen molar-refractivity contribution in [1.82, 2.24) is 4.90 Å². The number of rotatable bonds is 18. The number of hydrogen-bond acceptors (Lipinski definition) is 7. The summed E-state index contributed by atoms with van der Waals surface area (Å²) in [5.41, 5.74) is 1.22. The maximum atomic E-state index is 12.9. The second-order valence-corrected chi connectivity index (χ2v) is 8.77. The number of unbranched alkanes of at least 4 members (excludes halogenated alkanes) is 1. The van der Waals surface area contributed by atoms with Gasteiger partial charge in [-0.05, 0) is 81.6 Å². The minimum Gasteiger partial charge on any atom is -0.494 e. The number of benzene rings is 2. The van der Waals surface area contributed by atoms with Crippen molar-refractivity contribution in [3.05, 3.63) is 64.2 Å². The van der Waals surface area contributed by atoms with Crippen molar-refractivity contribution in [3.8, 4) is 11.5 Å². The minimum absolute atomic E-state index is 0.0184. The number of non-ortho nitro benzene ring substituents is 1. The smallest absolute Gasteiger partial charge is 0.269 e. The van der Waals surface area contributed by atoms with Crippen LogP contribution < -0.4 is 9.57 Å². The van der Waals surface area contributed by atoms with Crippen LogP contribution in [-0.2, 0) is 0 Å². The van der Waals surface area contributed by atoms with Crippen LogP contribution in [0.15, 0.2) is 53.7 Å². The van der Waals surface area contributed by atoms with Gasteiger partial charge in [0.25, 0.3) is 5.69 Å². The molecule has 0 aliphatic rings. The second-order valence-electron chi connectivity index (χ2n) is 8.77. The Kier molecular flexibility index (Phi) is 13.2. The number of ether oxygens (including phenoxy) is 1. The molecule has 0 amide bonds. The predicted molar refractivity (Wildman–Crippen MR) is 143 cm³/mol. The summed E-state index contributed by atoms with van der Waals surface area (Å²) in [6.45, 7) is 10.4. The zero-order valence-electron chi connectivity index (χ0n) is 21.8. The third-order valence-corrected chi connectivity index (χ3v) is 5.65. The Labute approximate surface area is 214 Å². The monoisotopic (exact) mass is 497 g/mol. The van der Waals surface area contributed by atoms with Gasteiger partial charge in [0.05, 0.1) is 23.7 Å². The molecule has 0 N–H and O–H groups in total. The third kappa shape index (κ3) is 10.6. The first kappa shape index (κ1) is 29.0. The second kappa shape index (κ2) is 16.4. The number of carbonyl (C=O) groups is 1. The fourth-order valence-electron chi connectivity index (χ4n) is 3.76. The van der Waals surface area contributed by atoms with Crippen LogP contribution in [0.4, 0.5) is 5.69 Å². The molecule has 0 fully saturated rings. The molecule has 8 heteroatoms. The van der Waals surface area contributed by atoms with Gasteiger partial charge in [-0.25, -0.2) is 0 Å². The molecule has 0 aliphatic carbocycles. The van der Waals surface area contributed by atoms with Crippen molar-refractivity contribution in [2.45, 2.75) is 65.7 Å². The summed E-state index contributed by atoms with van der Waals surface area (Å²) >= 11 is 0. The fourth-order valence-corrected chi connectivity index (χ4v) is 3.76. The molecule has 2 rings (SSSR count). The van der Waals surface area contributed by atoms with E-state index in [1.165, 1.54) is 24.3 Å². The van der Waals surface area contributed by atoms with E-state index in [2.05, 4.69) is 30.8 Å². The van der Waals surface area contributed by atoms with Gasteiger partial charge in [-0.2, -0.15) is 0 Å². The lowest BCUT2D eigenvalue weighted by Gasteiger charge is -2.20. The van der Waals surface area contributed by atoms with E-state index in [0.29, 0.717) is 30.1 Å². The largest absolute Gasteiger partial charge is 0.494 e. The topological polar surface area (TPSA) is 94.3 Å². The zero-order chi connectivity index (χ0) is 26.2. The first-order chi connectivity index (χ1) is 17.5. The van der Waals surface area contributed by atoms with Crippen LogP contribution in [0.3, 0.4) is 0 Å². The standard InChI is InChI=1S/C28H39N3O5/c1-4-7-9-24(29-36-27-16-12-25(13-17-27)31(33)34)22-28(32)23-10-14-26(15-11-23)35-21-8-20-30(18-5-2)19-6-3/h10-17H,4-9,18-22H2,1-3H3/b29-24+. The van der Waals surface area contributed by atoms with Gasteiger partial charge in [-0.3, -0.25) is 14.9 Å². The lowest BCUT2D eigenvalue weighted by molar-refractivity contribution is -0.384. The Bertz CT molecular complexity index is 952. The highest BCUT2D eigenvalue weighted by Gasteiger charge is 2.12. The summed E-state index contributed by atoms with van der Waals surface area (Å²) in [7, 11) is 0. The lowest BCUT2D eigenvalue weighted by atomic mass is 10.0. The zero-order valence-corrected chi connectivity index (χ0v) is 21.8. The summed E-state index contributed by atoms with van der Waals surface area (Å²) in [5, 5.41) is 15.0. The fraction of sp³-hybridized carbons (Fsp3) is 0.500. The molecule has 0 saturated carbocycles. The molecule has 0 saturated heterocycles. The van der Waals surface area contributed by atoms with Crippen molar-refractivity contribution >= 4 is 17.2 Å². The van der Waals surface area contributed by atoms with E-state index in [4.69, 9.17) is 9.57 Å². The molecule has 0 heterocycles. The highest BCUT2D eigenvalue weighted by Crippen LogP contribution is 2.19. The molecule has 196 valence electrons. The maximum absolute atomic E-state index is 12.9. The molecule has 0 unspecified atom stereocenters. The van der Waals surface area contributed by atoms with Crippen molar-refractivity contribution in [1.29, 1.82) is 0 Å². The first-order valence-corrected chi connectivity index (χ1v) is 12.9. The van der Waals surface area contributed by atoms with Gasteiger partial charge in [0.2, 0.25) is 0 Å². The molecule has 36 heavy (non-hydrogen) atoms. The van der Waals surface area contributed by atoms with Gasteiger partial charge in [-0.15, -0.1) is 0 Å². The molecule has 0 radical (unpaired) electrons. The summed E-state index contributed by atoms with van der Waals surface area (Å²) in [6, 6.07) is 12.9. The van der Waals surface area contributed by atoms with Crippen LogP contribution >= 0.6 is 0 Å². The first-order valence-electron chi connectivity index (χ1n) is 12.9. The van der Waals surface area contributed by atoms with E-state index in [0.717, 1.165) is 57.5 Å². The Morgan fingerprint density at radius 1 is 0.889 bits per heavy atom. The summed E-state index contributed by atoms with van der Waals surface area (Å²) < 4.78 is 5.87. The number of ketones is 1. The Hall–Kier alpha value is -3.26. The molecule has 0 spiro atoms. The molecule has 0 aliphatic heterocycles. The van der Waals surface area contributed by atoms with Crippen LogP contribution in [0.25, 0.3) is 0 Å². The maximum Gasteiger partial charge on any atom is 0.269 e. The number of nitro benzene ring substituents is 1. The quantitative estimate of drug-likeness (QED) is 0.0749. The van der Waals surface area contributed by atoms with Gasteiger partial charge in [0.1, 0.15) is 5.75 Å². The van der Waals surface area contributed by atoms with E-state index in [1.807, 2.05) is 12.1 Å². The van der Waals surface area contributed by atoms with E-state index in [9.17, 15) is 14.9 Å². The highest BCUT2D eigenvalue weighted by atomic mass is 16.6. The van der Waals surface area contributed by atoms with Crippen molar-refractivity contribution in [2.24, 2.45) is 5.16 Å². The van der Waals surface area contributed by atoms with Crippen molar-refractivity contribution < 1.29 is 19.3 Å². The molecule has 2 aromatic rings. The molecule has 0 aromatic heterocycles. The van der Waals surface area contributed by atoms with E-state index in [1.54, 1.807) is 12.1 Å². The van der Waals surface area contributed by atoms with E-state index in [-0.39, 0.29) is 17.9 Å². The normalized spacial score (nSPS) is 11.5. The van der Waals surface area contributed by atoms with Crippen LogP contribution in [0, 0.1) is 10.1 Å².